The van der Waals surface area contributed by atoms with Gasteiger partial charge in [-0.2, -0.15) is 0 Å². The third-order valence-corrected chi connectivity index (χ3v) is 11.9. The molecule has 63 heavy (non-hydrogen) atoms. The third kappa shape index (κ3) is 9.90. The average molecular weight is 827 g/mol. The summed E-state index contributed by atoms with van der Waals surface area (Å²) in [5.74, 6) is 2.19. The van der Waals surface area contributed by atoms with Crippen molar-refractivity contribution >= 4 is 39.9 Å². The van der Waals surface area contributed by atoms with Gasteiger partial charge in [0.1, 0.15) is 17.2 Å². The SMILES string of the molecule is CCC(C)Oc1ccc(N(c2ccc(Oc3ccc(C(=O)c4ccc(C(C)(C)CC)cc4)cc3)cc2)c2ccc(-c3ccc(N(c4ccccc4)c4ccccc4)cc3)cc2)cc1. The summed E-state index contributed by atoms with van der Waals surface area (Å²) in [5, 5.41) is 0. The molecule has 0 bridgehead atoms. The van der Waals surface area contributed by atoms with Crippen LogP contribution in [-0.4, -0.2) is 11.9 Å². The number of nitrogens with zero attached hydrogens (tertiary/aromatic N) is 2. The third-order valence-electron chi connectivity index (χ3n) is 11.9. The number of hydrogen-bond acceptors (Lipinski definition) is 5. The highest BCUT2D eigenvalue weighted by Gasteiger charge is 2.19. The summed E-state index contributed by atoms with van der Waals surface area (Å²) in [6, 6.07) is 70.1. The van der Waals surface area contributed by atoms with Crippen LogP contribution in [0.15, 0.2) is 206 Å². The number of ketones is 1. The van der Waals surface area contributed by atoms with E-state index in [-0.39, 0.29) is 17.3 Å². The summed E-state index contributed by atoms with van der Waals surface area (Å²) in [5.41, 5.74) is 11.2. The molecule has 0 amide bonds. The van der Waals surface area contributed by atoms with Crippen molar-refractivity contribution in [3.8, 4) is 28.4 Å². The van der Waals surface area contributed by atoms with E-state index in [0.29, 0.717) is 22.6 Å². The molecule has 0 radical (unpaired) electrons. The number of rotatable bonds is 16. The maximum atomic E-state index is 13.3. The van der Waals surface area contributed by atoms with E-state index < -0.39 is 0 Å². The Balaban J connectivity index is 1.01. The molecule has 1 atom stereocenters. The van der Waals surface area contributed by atoms with E-state index >= 15 is 0 Å². The van der Waals surface area contributed by atoms with Gasteiger partial charge in [0.2, 0.25) is 0 Å². The number of ether oxygens (including phenoxy) is 2. The van der Waals surface area contributed by atoms with Crippen molar-refractivity contribution < 1.29 is 14.3 Å². The summed E-state index contributed by atoms with van der Waals surface area (Å²) in [4.78, 5) is 17.8. The smallest absolute Gasteiger partial charge is 0.193 e. The first-order chi connectivity index (χ1) is 30.7. The summed E-state index contributed by atoms with van der Waals surface area (Å²) in [7, 11) is 0. The molecule has 5 heteroatoms. The molecule has 0 saturated carbocycles. The Hall–Kier alpha value is -7.37. The lowest BCUT2D eigenvalue weighted by molar-refractivity contribution is 0.103. The number of hydrogen-bond donors (Lipinski definition) is 0. The zero-order valence-electron chi connectivity index (χ0n) is 36.7. The monoisotopic (exact) mass is 826 g/mol. The van der Waals surface area contributed by atoms with Crippen LogP contribution in [0.1, 0.15) is 68.9 Å². The summed E-state index contributed by atoms with van der Waals surface area (Å²) in [6.45, 7) is 10.8. The van der Waals surface area contributed by atoms with Crippen LogP contribution in [0.2, 0.25) is 0 Å². The van der Waals surface area contributed by atoms with Gasteiger partial charge in [-0.15, -0.1) is 0 Å². The normalized spacial score (nSPS) is 11.7. The number of anilines is 6. The minimum absolute atomic E-state index is 0.00808. The summed E-state index contributed by atoms with van der Waals surface area (Å²) in [6.07, 6.45) is 2.10. The van der Waals surface area contributed by atoms with Crippen molar-refractivity contribution in [2.45, 2.75) is 59.0 Å². The Labute approximate surface area is 372 Å². The number of carbonyl (C=O) groups excluding carboxylic acids is 1. The predicted molar refractivity (Wildman–Crippen MR) is 261 cm³/mol. The molecule has 1 unspecified atom stereocenters. The fraction of sp³-hybridized carbons (Fsp3) is 0.155. The van der Waals surface area contributed by atoms with E-state index in [4.69, 9.17) is 9.47 Å². The van der Waals surface area contributed by atoms with Gasteiger partial charge in [-0.25, -0.2) is 0 Å². The Morgan fingerprint density at radius 1 is 0.460 bits per heavy atom. The first kappa shape index (κ1) is 42.3. The lowest BCUT2D eigenvalue weighted by Gasteiger charge is -2.26. The van der Waals surface area contributed by atoms with Crippen LogP contribution in [-0.2, 0) is 5.41 Å². The Morgan fingerprint density at radius 3 is 1.21 bits per heavy atom. The molecule has 314 valence electrons. The maximum absolute atomic E-state index is 13.3. The van der Waals surface area contributed by atoms with Gasteiger partial charge in [0.25, 0.3) is 0 Å². The van der Waals surface area contributed by atoms with Crippen LogP contribution in [0.25, 0.3) is 11.1 Å². The van der Waals surface area contributed by atoms with Crippen LogP contribution >= 0.6 is 0 Å². The second-order valence-corrected chi connectivity index (χ2v) is 16.5. The largest absolute Gasteiger partial charge is 0.491 e. The first-order valence-corrected chi connectivity index (χ1v) is 21.9. The fourth-order valence-corrected chi connectivity index (χ4v) is 7.56. The molecule has 0 spiro atoms. The van der Waals surface area contributed by atoms with Crippen LogP contribution in [0, 0.1) is 0 Å². The minimum Gasteiger partial charge on any atom is -0.491 e. The highest BCUT2D eigenvalue weighted by atomic mass is 16.5. The van der Waals surface area contributed by atoms with Crippen LogP contribution < -0.4 is 19.3 Å². The first-order valence-electron chi connectivity index (χ1n) is 21.9. The molecule has 0 aliphatic rings. The van der Waals surface area contributed by atoms with Gasteiger partial charge in [0.05, 0.1) is 6.10 Å². The lowest BCUT2D eigenvalue weighted by atomic mass is 9.82. The van der Waals surface area contributed by atoms with Gasteiger partial charge >= 0.3 is 0 Å². The van der Waals surface area contributed by atoms with Gasteiger partial charge in [-0.1, -0.05) is 113 Å². The van der Waals surface area contributed by atoms with E-state index in [9.17, 15) is 4.79 Å². The van der Waals surface area contributed by atoms with Gasteiger partial charge in [0.15, 0.2) is 5.78 Å². The van der Waals surface area contributed by atoms with E-state index in [1.54, 1.807) is 0 Å². The van der Waals surface area contributed by atoms with Gasteiger partial charge in [0, 0.05) is 45.3 Å². The summed E-state index contributed by atoms with van der Waals surface area (Å²) >= 11 is 0. The summed E-state index contributed by atoms with van der Waals surface area (Å²) < 4.78 is 12.4. The molecule has 0 aliphatic carbocycles. The number of carbonyl (C=O) groups is 1. The van der Waals surface area contributed by atoms with E-state index in [1.807, 2.05) is 72.8 Å². The highest BCUT2D eigenvalue weighted by molar-refractivity contribution is 6.09. The van der Waals surface area contributed by atoms with Crippen molar-refractivity contribution in [2.75, 3.05) is 9.80 Å². The van der Waals surface area contributed by atoms with Gasteiger partial charge < -0.3 is 19.3 Å². The zero-order chi connectivity index (χ0) is 43.8. The lowest BCUT2D eigenvalue weighted by Crippen LogP contribution is -2.15. The molecule has 0 saturated heterocycles. The zero-order valence-corrected chi connectivity index (χ0v) is 36.7. The Morgan fingerprint density at radius 2 is 0.810 bits per heavy atom. The molecule has 8 aromatic carbocycles. The fourth-order valence-electron chi connectivity index (χ4n) is 7.56. The molecular weight excluding hydrogens is 773 g/mol. The van der Waals surface area contributed by atoms with Crippen molar-refractivity contribution in [3.05, 3.63) is 223 Å². The molecule has 5 nitrogen and oxygen atoms in total. The van der Waals surface area contributed by atoms with E-state index in [1.165, 1.54) is 5.56 Å². The quantitative estimate of drug-likeness (QED) is 0.0908. The minimum atomic E-state index is -0.00808. The van der Waals surface area contributed by atoms with Crippen molar-refractivity contribution in [3.63, 3.8) is 0 Å². The van der Waals surface area contributed by atoms with E-state index in [2.05, 4.69) is 178 Å². The average Bonchev–Trinajstić information content (AvgIpc) is 3.34. The molecule has 8 aromatic rings. The van der Waals surface area contributed by atoms with Gasteiger partial charge in [-0.3, -0.25) is 4.79 Å². The van der Waals surface area contributed by atoms with Crippen molar-refractivity contribution in [1.82, 2.24) is 0 Å². The van der Waals surface area contributed by atoms with Crippen molar-refractivity contribution in [1.29, 1.82) is 0 Å². The van der Waals surface area contributed by atoms with Crippen LogP contribution in [0.5, 0.6) is 17.2 Å². The van der Waals surface area contributed by atoms with Crippen LogP contribution in [0.3, 0.4) is 0 Å². The molecule has 0 aromatic heterocycles. The Kier molecular flexibility index (Phi) is 12.9. The topological polar surface area (TPSA) is 42.0 Å². The standard InChI is InChI=1S/C58H54N2O3/c1-6-42(3)62-54-38-32-52(33-39-54)60(51-30-22-44(23-31-51)43-20-28-50(29-21-43)59(48-14-10-8-11-15-48)49-16-12-9-13-17-49)53-34-40-56(41-35-53)63-55-36-24-46(25-37-55)57(61)45-18-26-47(27-19-45)58(4,5)7-2/h8-42H,6-7H2,1-5H3. The van der Waals surface area contributed by atoms with Crippen LogP contribution in [0.4, 0.5) is 34.1 Å². The number of para-hydroxylation sites is 2. The molecule has 8 rings (SSSR count). The second-order valence-electron chi connectivity index (χ2n) is 16.5. The van der Waals surface area contributed by atoms with Gasteiger partial charge in [-0.05, 0) is 163 Å². The van der Waals surface area contributed by atoms with Crippen molar-refractivity contribution in [2.24, 2.45) is 0 Å². The highest BCUT2D eigenvalue weighted by Crippen LogP contribution is 2.39. The maximum Gasteiger partial charge on any atom is 0.193 e. The molecule has 0 N–H and O–H groups in total. The Bertz CT molecular complexity index is 2660. The predicted octanol–water partition coefficient (Wildman–Crippen LogP) is 16.2. The molecular formula is C58H54N2O3. The molecule has 0 heterocycles. The van der Waals surface area contributed by atoms with E-state index in [0.717, 1.165) is 63.8 Å². The molecule has 0 fully saturated rings. The second kappa shape index (κ2) is 19.1. The molecule has 0 aliphatic heterocycles. The number of benzene rings is 8.